The average Bonchev–Trinajstić information content (AvgIpc) is 2.37. The van der Waals surface area contributed by atoms with Crippen LogP contribution >= 0.6 is 0 Å². The Kier molecular flexibility index (Phi) is 7.26. The van der Waals surface area contributed by atoms with Crippen molar-refractivity contribution in [2.45, 2.75) is 45.5 Å². The molecule has 2 unspecified atom stereocenters. The van der Waals surface area contributed by atoms with E-state index in [1.165, 1.54) is 27.7 Å². The van der Waals surface area contributed by atoms with Crippen LogP contribution in [0.2, 0.25) is 0 Å². The van der Waals surface area contributed by atoms with E-state index < -0.39 is 41.6 Å². The molecule has 0 radical (unpaired) electrons. The fraction of sp³-hybridized carbons (Fsp3) is 0.643. The van der Waals surface area contributed by atoms with Gasteiger partial charge in [0.05, 0.1) is 7.11 Å². The molecule has 0 aromatic heterocycles. The number of alkyl halides is 3. The van der Waals surface area contributed by atoms with Crippen molar-refractivity contribution < 1.29 is 37.0 Å². The molecule has 0 rings (SSSR count). The van der Waals surface area contributed by atoms with E-state index in [1.54, 1.807) is 5.32 Å². The summed E-state index contributed by atoms with van der Waals surface area (Å²) in [4.78, 5) is 34.1. The highest BCUT2D eigenvalue weighted by molar-refractivity contribution is 5.88. The van der Waals surface area contributed by atoms with Crippen molar-refractivity contribution in [3.63, 3.8) is 0 Å². The molecule has 23 heavy (non-hydrogen) atoms. The van der Waals surface area contributed by atoms with Gasteiger partial charge in [0.25, 0.3) is 0 Å². The molecule has 0 aliphatic carbocycles. The van der Waals surface area contributed by atoms with Gasteiger partial charge in [-0.3, -0.25) is 4.79 Å². The summed E-state index contributed by atoms with van der Waals surface area (Å²) in [5.41, 5.74) is -0.954. The fourth-order valence-electron chi connectivity index (χ4n) is 1.40. The predicted octanol–water partition coefficient (Wildman–Crippen LogP) is 1.74. The maximum absolute atomic E-state index is 12.4. The van der Waals surface area contributed by atoms with Gasteiger partial charge in [-0.15, -0.1) is 0 Å². The number of esters is 2. The molecule has 0 bridgehead atoms. The van der Waals surface area contributed by atoms with E-state index in [-0.39, 0.29) is 0 Å². The van der Waals surface area contributed by atoms with Crippen molar-refractivity contribution in [1.82, 2.24) is 5.32 Å². The van der Waals surface area contributed by atoms with E-state index in [1.807, 2.05) is 0 Å². The van der Waals surface area contributed by atoms with E-state index in [0.29, 0.717) is 0 Å². The molecule has 132 valence electrons. The van der Waals surface area contributed by atoms with Crippen LogP contribution in [0.5, 0.6) is 0 Å². The van der Waals surface area contributed by atoms with Crippen molar-refractivity contribution in [3.05, 3.63) is 12.2 Å². The maximum Gasteiger partial charge on any atom is 0.471 e. The number of carbonyl (C=O) groups excluding carboxylic acids is 3. The number of ether oxygens (including phenoxy) is 2. The molecule has 0 fully saturated rings. The van der Waals surface area contributed by atoms with Crippen LogP contribution in [0.3, 0.4) is 0 Å². The zero-order chi connectivity index (χ0) is 18.4. The first kappa shape index (κ1) is 20.9. The van der Waals surface area contributed by atoms with Crippen LogP contribution < -0.4 is 5.32 Å². The molecule has 0 saturated carbocycles. The highest BCUT2D eigenvalue weighted by Crippen LogP contribution is 2.18. The SMILES string of the molecule is COC(=O)/C=C/C(C)C(NC(=O)C(F)(F)F)C(=O)OC(C)(C)C. The fourth-order valence-corrected chi connectivity index (χ4v) is 1.40. The number of hydrogen-bond acceptors (Lipinski definition) is 5. The molecule has 2 atom stereocenters. The Morgan fingerprint density at radius 2 is 1.65 bits per heavy atom. The molecule has 0 aromatic carbocycles. The zero-order valence-corrected chi connectivity index (χ0v) is 13.5. The molecular weight excluding hydrogens is 319 g/mol. The highest BCUT2D eigenvalue weighted by atomic mass is 19.4. The lowest BCUT2D eigenvalue weighted by atomic mass is 10.0. The first-order valence-electron chi connectivity index (χ1n) is 6.64. The van der Waals surface area contributed by atoms with E-state index in [0.717, 1.165) is 19.3 Å². The van der Waals surface area contributed by atoms with Crippen LogP contribution in [0.15, 0.2) is 12.2 Å². The lowest BCUT2D eigenvalue weighted by Gasteiger charge is -2.27. The third-order valence-electron chi connectivity index (χ3n) is 2.47. The van der Waals surface area contributed by atoms with Crippen LogP contribution in [0.1, 0.15) is 27.7 Å². The van der Waals surface area contributed by atoms with Crippen LogP contribution in [0.25, 0.3) is 0 Å². The minimum Gasteiger partial charge on any atom is -0.466 e. The quantitative estimate of drug-likeness (QED) is 0.609. The first-order valence-corrected chi connectivity index (χ1v) is 6.64. The summed E-state index contributed by atoms with van der Waals surface area (Å²) in [6.45, 7) is 5.94. The summed E-state index contributed by atoms with van der Waals surface area (Å²) in [6.07, 6.45) is -3.05. The number of hydrogen-bond donors (Lipinski definition) is 1. The van der Waals surface area contributed by atoms with Gasteiger partial charge in [-0.25, -0.2) is 9.59 Å². The molecule has 0 aliphatic heterocycles. The number of carbonyl (C=O) groups is 3. The van der Waals surface area contributed by atoms with Crippen LogP contribution in [-0.2, 0) is 23.9 Å². The van der Waals surface area contributed by atoms with E-state index in [9.17, 15) is 27.6 Å². The van der Waals surface area contributed by atoms with Gasteiger partial charge in [-0.1, -0.05) is 13.0 Å². The predicted molar refractivity (Wildman–Crippen MR) is 74.2 cm³/mol. The summed E-state index contributed by atoms with van der Waals surface area (Å²) in [6, 6.07) is -1.61. The summed E-state index contributed by atoms with van der Waals surface area (Å²) in [5, 5.41) is 1.58. The monoisotopic (exact) mass is 339 g/mol. The molecule has 9 heteroatoms. The van der Waals surface area contributed by atoms with Gasteiger partial charge in [0.15, 0.2) is 0 Å². The summed E-state index contributed by atoms with van der Waals surface area (Å²) >= 11 is 0. The standard InChI is InChI=1S/C14H20F3NO5/c1-8(6-7-9(19)22-5)10(11(20)23-13(2,3)4)18-12(21)14(15,16)17/h6-8,10H,1-5H3,(H,18,21)/b7-6+. The highest BCUT2D eigenvalue weighted by Gasteiger charge is 2.42. The smallest absolute Gasteiger partial charge is 0.466 e. The van der Waals surface area contributed by atoms with Crippen LogP contribution in [0, 0.1) is 5.92 Å². The molecule has 0 aliphatic rings. The third kappa shape index (κ3) is 8.22. The van der Waals surface area contributed by atoms with Gasteiger partial charge in [0, 0.05) is 12.0 Å². The minimum absolute atomic E-state index is 0.748. The van der Waals surface area contributed by atoms with Crippen LogP contribution in [-0.4, -0.2) is 42.8 Å². The van der Waals surface area contributed by atoms with E-state index >= 15 is 0 Å². The normalized spacial score (nSPS) is 15.0. The molecule has 0 spiro atoms. The lowest BCUT2D eigenvalue weighted by Crippen LogP contribution is -2.51. The maximum atomic E-state index is 12.4. The Morgan fingerprint density at radius 1 is 1.13 bits per heavy atom. The molecule has 1 amide bonds. The second-order valence-corrected chi connectivity index (χ2v) is 5.72. The second kappa shape index (κ2) is 7.98. The number of halogens is 3. The van der Waals surface area contributed by atoms with Crippen molar-refractivity contribution in [1.29, 1.82) is 0 Å². The Hall–Kier alpha value is -2.06. The molecule has 0 saturated heterocycles. The Balaban J connectivity index is 5.29. The number of amides is 1. The molecule has 6 nitrogen and oxygen atoms in total. The van der Waals surface area contributed by atoms with Crippen molar-refractivity contribution in [3.8, 4) is 0 Å². The minimum atomic E-state index is -5.15. The van der Waals surface area contributed by atoms with Gasteiger partial charge in [-0.05, 0) is 20.8 Å². The van der Waals surface area contributed by atoms with Crippen molar-refractivity contribution in [2.75, 3.05) is 7.11 Å². The largest absolute Gasteiger partial charge is 0.471 e. The van der Waals surface area contributed by atoms with Crippen molar-refractivity contribution >= 4 is 17.8 Å². The molecule has 1 N–H and O–H groups in total. The topological polar surface area (TPSA) is 81.7 Å². The third-order valence-corrected chi connectivity index (χ3v) is 2.47. The van der Waals surface area contributed by atoms with Gasteiger partial charge in [-0.2, -0.15) is 13.2 Å². The second-order valence-electron chi connectivity index (χ2n) is 5.72. The molecule has 0 heterocycles. The van der Waals surface area contributed by atoms with Crippen LogP contribution in [0.4, 0.5) is 13.2 Å². The van der Waals surface area contributed by atoms with Gasteiger partial charge >= 0.3 is 24.0 Å². The van der Waals surface area contributed by atoms with E-state index in [4.69, 9.17) is 4.74 Å². The Morgan fingerprint density at radius 3 is 2.04 bits per heavy atom. The summed E-state index contributed by atoms with van der Waals surface area (Å²) in [7, 11) is 1.12. The Labute approximate surface area is 132 Å². The van der Waals surface area contributed by atoms with Crippen molar-refractivity contribution in [2.24, 2.45) is 5.92 Å². The lowest BCUT2D eigenvalue weighted by molar-refractivity contribution is -0.177. The Bertz CT molecular complexity index is 480. The number of rotatable bonds is 5. The molecule has 0 aromatic rings. The number of nitrogens with one attached hydrogen (secondary N) is 1. The van der Waals surface area contributed by atoms with E-state index in [2.05, 4.69) is 4.74 Å². The summed E-state index contributed by atoms with van der Waals surface area (Å²) < 4.78 is 46.5. The molecular formula is C14H20F3NO5. The first-order chi connectivity index (χ1) is 10.3. The zero-order valence-electron chi connectivity index (χ0n) is 13.5. The number of methoxy groups -OCH3 is 1. The van der Waals surface area contributed by atoms with Gasteiger partial charge < -0.3 is 14.8 Å². The van der Waals surface area contributed by atoms with Gasteiger partial charge in [0.2, 0.25) is 0 Å². The van der Waals surface area contributed by atoms with Gasteiger partial charge in [0.1, 0.15) is 11.6 Å². The summed E-state index contributed by atoms with van der Waals surface area (Å²) in [5.74, 6) is -5.00. The average molecular weight is 339 g/mol.